The molecule has 1 aromatic carbocycles. The highest BCUT2D eigenvalue weighted by Gasteiger charge is 2.33. The predicted octanol–water partition coefficient (Wildman–Crippen LogP) is 2.40. The largest absolute Gasteiger partial charge is 0.396 e. The topological polar surface area (TPSA) is 44.5 Å². The minimum atomic E-state index is 0.314. The molecule has 2 saturated heterocycles. The first kappa shape index (κ1) is 17.7. The van der Waals surface area contributed by atoms with Crippen molar-refractivity contribution in [2.45, 2.75) is 25.8 Å². The second kappa shape index (κ2) is 8.33. The number of piperidine rings is 1. The number of nitrogens with zero attached hydrogens (tertiary/aromatic N) is 4. The van der Waals surface area contributed by atoms with Gasteiger partial charge < -0.3 is 14.6 Å². The highest BCUT2D eigenvalue weighted by Crippen LogP contribution is 2.26. The van der Waals surface area contributed by atoms with Crippen LogP contribution in [0.1, 0.15) is 24.8 Å². The maximum atomic E-state index is 9.84. The summed E-state index contributed by atoms with van der Waals surface area (Å²) in [6.45, 7) is 7.03. The van der Waals surface area contributed by atoms with Gasteiger partial charge in [0.05, 0.1) is 6.33 Å². The monoisotopic (exact) mass is 354 g/mol. The number of aliphatic hydroxyl groups excluding tert-OH is 1. The van der Waals surface area contributed by atoms with Gasteiger partial charge in [-0.25, -0.2) is 4.98 Å². The molecule has 2 atom stereocenters. The molecule has 5 nitrogen and oxygen atoms in total. The van der Waals surface area contributed by atoms with Gasteiger partial charge in [-0.15, -0.1) is 0 Å². The van der Waals surface area contributed by atoms with Gasteiger partial charge >= 0.3 is 0 Å². The van der Waals surface area contributed by atoms with E-state index in [-0.39, 0.29) is 0 Å². The fourth-order valence-corrected chi connectivity index (χ4v) is 4.50. The second-order valence-corrected chi connectivity index (χ2v) is 7.89. The van der Waals surface area contributed by atoms with E-state index < -0.39 is 0 Å². The number of hydrogen-bond donors (Lipinski definition) is 1. The van der Waals surface area contributed by atoms with Crippen molar-refractivity contribution in [3.8, 4) is 5.69 Å². The van der Waals surface area contributed by atoms with Crippen LogP contribution in [-0.4, -0.2) is 63.8 Å². The van der Waals surface area contributed by atoms with Crippen molar-refractivity contribution in [1.29, 1.82) is 0 Å². The molecule has 0 saturated carbocycles. The molecule has 2 unspecified atom stereocenters. The highest BCUT2D eigenvalue weighted by molar-refractivity contribution is 5.34. The summed E-state index contributed by atoms with van der Waals surface area (Å²) >= 11 is 0. The summed E-state index contributed by atoms with van der Waals surface area (Å²) in [4.78, 5) is 9.23. The van der Waals surface area contributed by atoms with Gasteiger partial charge in [0.25, 0.3) is 0 Å². The van der Waals surface area contributed by atoms with Crippen LogP contribution in [0.4, 0.5) is 0 Å². The Bertz CT molecular complexity index is 664. The molecule has 5 heteroatoms. The fourth-order valence-electron chi connectivity index (χ4n) is 4.50. The van der Waals surface area contributed by atoms with Crippen LogP contribution in [0.25, 0.3) is 5.69 Å². The van der Waals surface area contributed by atoms with Crippen molar-refractivity contribution in [3.63, 3.8) is 0 Å². The van der Waals surface area contributed by atoms with Crippen molar-refractivity contribution in [1.82, 2.24) is 19.4 Å². The summed E-state index contributed by atoms with van der Waals surface area (Å²) < 4.78 is 2.02. The molecule has 2 aliphatic heterocycles. The summed E-state index contributed by atoms with van der Waals surface area (Å²) in [6.07, 6.45) is 9.65. The molecule has 2 fully saturated rings. The minimum absolute atomic E-state index is 0.314. The Morgan fingerprint density at radius 1 is 0.962 bits per heavy atom. The van der Waals surface area contributed by atoms with Crippen molar-refractivity contribution in [2.75, 3.05) is 39.3 Å². The van der Waals surface area contributed by atoms with Crippen LogP contribution in [0.3, 0.4) is 0 Å². The molecular formula is C21H30N4O. The standard InChI is InChI=1S/C21H30N4O/c26-16-20-15-24(14-19(20)13-23-9-2-1-3-10-23)12-18-4-6-21(7-5-18)25-11-8-22-17-25/h4-8,11,17,19-20,26H,1-3,9-10,12-16H2. The molecular weight excluding hydrogens is 324 g/mol. The first-order chi connectivity index (χ1) is 12.8. The maximum absolute atomic E-state index is 9.84. The lowest BCUT2D eigenvalue weighted by Crippen LogP contribution is -2.37. The van der Waals surface area contributed by atoms with Gasteiger partial charge in [-0.2, -0.15) is 0 Å². The molecule has 0 aliphatic carbocycles. The van der Waals surface area contributed by atoms with E-state index in [0.717, 1.165) is 31.9 Å². The molecule has 0 bridgehead atoms. The smallest absolute Gasteiger partial charge is 0.0991 e. The zero-order valence-corrected chi connectivity index (χ0v) is 15.5. The summed E-state index contributed by atoms with van der Waals surface area (Å²) in [5.74, 6) is 1.02. The van der Waals surface area contributed by atoms with E-state index in [9.17, 15) is 5.11 Å². The van der Waals surface area contributed by atoms with Crippen LogP contribution in [0, 0.1) is 11.8 Å². The second-order valence-electron chi connectivity index (χ2n) is 7.89. The highest BCUT2D eigenvalue weighted by atomic mass is 16.3. The average molecular weight is 354 g/mol. The van der Waals surface area contributed by atoms with Crippen molar-refractivity contribution >= 4 is 0 Å². The number of benzene rings is 1. The molecule has 2 aromatic rings. The van der Waals surface area contributed by atoms with E-state index in [1.807, 2.05) is 17.1 Å². The van der Waals surface area contributed by atoms with Crippen LogP contribution in [-0.2, 0) is 6.54 Å². The molecule has 0 radical (unpaired) electrons. The van der Waals surface area contributed by atoms with Crippen LogP contribution < -0.4 is 0 Å². The SMILES string of the molecule is OCC1CN(Cc2ccc(-n3ccnc3)cc2)CC1CN1CCCCC1. The number of hydrogen-bond acceptors (Lipinski definition) is 4. The number of aromatic nitrogens is 2. The quantitative estimate of drug-likeness (QED) is 0.865. The Kier molecular flexibility index (Phi) is 5.68. The van der Waals surface area contributed by atoms with E-state index in [2.05, 4.69) is 39.0 Å². The maximum Gasteiger partial charge on any atom is 0.0991 e. The molecule has 0 amide bonds. The zero-order valence-electron chi connectivity index (χ0n) is 15.5. The first-order valence-corrected chi connectivity index (χ1v) is 9.94. The fraction of sp³-hybridized carbons (Fsp3) is 0.571. The summed E-state index contributed by atoms with van der Waals surface area (Å²) in [6, 6.07) is 8.73. The van der Waals surface area contributed by atoms with Gasteiger partial charge in [0.15, 0.2) is 0 Å². The molecule has 26 heavy (non-hydrogen) atoms. The normalized spacial score (nSPS) is 25.0. The third-order valence-electron chi connectivity index (χ3n) is 5.97. The van der Waals surface area contributed by atoms with Crippen molar-refractivity contribution in [3.05, 3.63) is 48.5 Å². The van der Waals surface area contributed by atoms with Crippen LogP contribution >= 0.6 is 0 Å². The minimum Gasteiger partial charge on any atom is -0.396 e. The van der Waals surface area contributed by atoms with Crippen molar-refractivity contribution < 1.29 is 5.11 Å². The number of aliphatic hydroxyl groups is 1. The van der Waals surface area contributed by atoms with Gasteiger partial charge in [-0.05, 0) is 55.5 Å². The average Bonchev–Trinajstić information content (AvgIpc) is 3.33. The third kappa shape index (κ3) is 4.17. The zero-order chi connectivity index (χ0) is 17.8. The first-order valence-electron chi connectivity index (χ1n) is 9.94. The lowest BCUT2D eigenvalue weighted by atomic mass is 9.95. The van der Waals surface area contributed by atoms with Crippen LogP contribution in [0.15, 0.2) is 43.0 Å². The summed E-state index contributed by atoms with van der Waals surface area (Å²) in [7, 11) is 0. The lowest BCUT2D eigenvalue weighted by Gasteiger charge is -2.30. The summed E-state index contributed by atoms with van der Waals surface area (Å²) in [5.41, 5.74) is 2.48. The van der Waals surface area contributed by atoms with Gasteiger partial charge in [-0.3, -0.25) is 4.90 Å². The van der Waals surface area contributed by atoms with E-state index in [1.165, 1.54) is 37.9 Å². The Morgan fingerprint density at radius 2 is 1.73 bits per heavy atom. The Hall–Kier alpha value is -1.69. The van der Waals surface area contributed by atoms with Crippen LogP contribution in [0.5, 0.6) is 0 Å². The molecule has 4 rings (SSSR count). The predicted molar refractivity (Wildman–Crippen MR) is 103 cm³/mol. The lowest BCUT2D eigenvalue weighted by molar-refractivity contribution is 0.149. The Morgan fingerprint density at radius 3 is 2.42 bits per heavy atom. The summed E-state index contributed by atoms with van der Waals surface area (Å²) in [5, 5.41) is 9.84. The molecule has 1 aromatic heterocycles. The molecule has 0 spiro atoms. The number of rotatable bonds is 6. The van der Waals surface area contributed by atoms with E-state index in [4.69, 9.17) is 0 Å². The molecule has 1 N–H and O–H groups in total. The Balaban J connectivity index is 1.34. The Labute approximate surface area is 156 Å². The van der Waals surface area contributed by atoms with Gasteiger partial charge in [0.1, 0.15) is 0 Å². The van der Waals surface area contributed by atoms with Gasteiger partial charge in [0, 0.05) is 50.9 Å². The van der Waals surface area contributed by atoms with Crippen molar-refractivity contribution in [2.24, 2.45) is 11.8 Å². The van der Waals surface area contributed by atoms with Gasteiger partial charge in [0.2, 0.25) is 0 Å². The van der Waals surface area contributed by atoms with Gasteiger partial charge in [-0.1, -0.05) is 18.6 Å². The van der Waals surface area contributed by atoms with E-state index in [0.29, 0.717) is 18.4 Å². The number of imidazole rings is 1. The van der Waals surface area contributed by atoms with E-state index >= 15 is 0 Å². The number of likely N-dealkylation sites (tertiary alicyclic amines) is 2. The molecule has 140 valence electrons. The van der Waals surface area contributed by atoms with Crippen LogP contribution in [0.2, 0.25) is 0 Å². The van der Waals surface area contributed by atoms with E-state index in [1.54, 1.807) is 6.20 Å². The molecule has 2 aliphatic rings. The third-order valence-corrected chi connectivity index (χ3v) is 5.97. The molecule has 3 heterocycles.